The standard InChI is InChI=1S/C6H10O2.C3H8.C2H6/c1-4-3-5(2)8-6(4)7;1-3-2;1-2/h4-5H,3H2,1-2H3;3H2,1-2H3;1-2H3. The van der Waals surface area contributed by atoms with Gasteiger partial charge in [0.15, 0.2) is 0 Å². The van der Waals surface area contributed by atoms with Crippen LogP contribution in [0.25, 0.3) is 0 Å². The summed E-state index contributed by atoms with van der Waals surface area (Å²) in [4.78, 5) is 10.6. The van der Waals surface area contributed by atoms with Crippen molar-refractivity contribution >= 4 is 5.97 Å². The minimum absolute atomic E-state index is 0.0440. The topological polar surface area (TPSA) is 26.3 Å². The van der Waals surface area contributed by atoms with Crippen LogP contribution in [0.3, 0.4) is 0 Å². The molecule has 0 amide bonds. The monoisotopic (exact) mass is 188 g/mol. The van der Waals surface area contributed by atoms with Crippen molar-refractivity contribution < 1.29 is 9.53 Å². The van der Waals surface area contributed by atoms with Crippen LogP contribution < -0.4 is 0 Å². The zero-order valence-corrected chi connectivity index (χ0v) is 9.89. The molecule has 1 fully saturated rings. The van der Waals surface area contributed by atoms with E-state index in [0.29, 0.717) is 0 Å². The van der Waals surface area contributed by atoms with E-state index in [1.165, 1.54) is 6.42 Å². The Morgan fingerprint density at radius 2 is 1.69 bits per heavy atom. The van der Waals surface area contributed by atoms with Gasteiger partial charge in [0.25, 0.3) is 0 Å². The lowest BCUT2D eigenvalue weighted by Gasteiger charge is -1.95. The molecule has 0 N–H and O–H groups in total. The van der Waals surface area contributed by atoms with Gasteiger partial charge in [-0.1, -0.05) is 41.0 Å². The van der Waals surface area contributed by atoms with Crippen LogP contribution in [-0.4, -0.2) is 12.1 Å². The van der Waals surface area contributed by atoms with Gasteiger partial charge in [0, 0.05) is 0 Å². The van der Waals surface area contributed by atoms with Gasteiger partial charge in [-0.25, -0.2) is 0 Å². The van der Waals surface area contributed by atoms with Crippen LogP contribution in [0.1, 0.15) is 54.4 Å². The zero-order chi connectivity index (χ0) is 10.9. The average Bonchev–Trinajstić information content (AvgIpc) is 2.35. The van der Waals surface area contributed by atoms with Crippen molar-refractivity contribution in [2.24, 2.45) is 5.92 Å². The first-order valence-electron chi connectivity index (χ1n) is 5.32. The number of hydrogen-bond donors (Lipinski definition) is 0. The fraction of sp³-hybridized carbons (Fsp3) is 0.909. The molecule has 0 aromatic carbocycles. The molecule has 0 bridgehead atoms. The largest absolute Gasteiger partial charge is 0.462 e. The summed E-state index contributed by atoms with van der Waals surface area (Å²) in [7, 11) is 0. The Bertz CT molecular complexity index is 121. The molecule has 2 atom stereocenters. The number of esters is 1. The summed E-state index contributed by atoms with van der Waals surface area (Å²) < 4.78 is 4.83. The van der Waals surface area contributed by atoms with E-state index in [0.717, 1.165) is 6.42 Å². The molecule has 0 aromatic rings. The lowest BCUT2D eigenvalue weighted by atomic mass is 10.1. The summed E-state index contributed by atoms with van der Waals surface area (Å²) in [5.74, 6) is 0.0856. The molecule has 2 nitrogen and oxygen atoms in total. The van der Waals surface area contributed by atoms with Gasteiger partial charge in [-0.2, -0.15) is 0 Å². The molecule has 1 saturated heterocycles. The summed E-state index contributed by atoms with van der Waals surface area (Å²) in [6.07, 6.45) is 2.29. The number of cyclic esters (lactones) is 1. The summed E-state index contributed by atoms with van der Waals surface area (Å²) >= 11 is 0. The Hall–Kier alpha value is -0.530. The van der Waals surface area contributed by atoms with E-state index in [1.807, 2.05) is 27.7 Å². The van der Waals surface area contributed by atoms with Gasteiger partial charge in [-0.3, -0.25) is 4.79 Å². The van der Waals surface area contributed by atoms with Gasteiger partial charge >= 0.3 is 5.97 Å². The number of carbonyl (C=O) groups excluding carboxylic acids is 1. The second-order valence-corrected chi connectivity index (χ2v) is 3.09. The smallest absolute Gasteiger partial charge is 0.309 e. The Balaban J connectivity index is 0. The molecular formula is C11H24O2. The normalized spacial score (nSPS) is 24.9. The van der Waals surface area contributed by atoms with Crippen LogP contribution in [0.2, 0.25) is 0 Å². The number of ether oxygens (including phenoxy) is 1. The first-order valence-corrected chi connectivity index (χ1v) is 5.32. The van der Waals surface area contributed by atoms with E-state index in [4.69, 9.17) is 4.74 Å². The third-order valence-electron chi connectivity index (χ3n) is 1.41. The average molecular weight is 188 g/mol. The molecule has 1 aliphatic rings. The molecule has 1 heterocycles. The SMILES string of the molecule is CC.CC1CC(C)C(=O)O1.CCC. The maximum Gasteiger partial charge on any atom is 0.309 e. The molecule has 13 heavy (non-hydrogen) atoms. The summed E-state index contributed by atoms with van der Waals surface area (Å²) in [5.41, 5.74) is 0. The van der Waals surface area contributed by atoms with E-state index in [-0.39, 0.29) is 18.0 Å². The van der Waals surface area contributed by atoms with Gasteiger partial charge < -0.3 is 4.74 Å². The van der Waals surface area contributed by atoms with E-state index in [1.54, 1.807) is 0 Å². The van der Waals surface area contributed by atoms with Gasteiger partial charge in [0.2, 0.25) is 0 Å². The minimum atomic E-state index is -0.0440. The van der Waals surface area contributed by atoms with Crippen LogP contribution in [0.15, 0.2) is 0 Å². The van der Waals surface area contributed by atoms with Gasteiger partial charge in [0.1, 0.15) is 0 Å². The first kappa shape index (κ1) is 15.0. The molecule has 1 aliphatic heterocycles. The fourth-order valence-electron chi connectivity index (χ4n) is 0.957. The number of hydrogen-bond acceptors (Lipinski definition) is 2. The molecule has 0 spiro atoms. The minimum Gasteiger partial charge on any atom is -0.462 e. The summed E-state index contributed by atoms with van der Waals surface area (Å²) in [5, 5.41) is 0. The lowest BCUT2D eigenvalue weighted by Crippen LogP contribution is -2.02. The van der Waals surface area contributed by atoms with Gasteiger partial charge in [0.05, 0.1) is 12.0 Å². The van der Waals surface area contributed by atoms with Crippen LogP contribution in [0.5, 0.6) is 0 Å². The lowest BCUT2D eigenvalue weighted by molar-refractivity contribution is -0.143. The highest BCUT2D eigenvalue weighted by molar-refractivity contribution is 5.73. The van der Waals surface area contributed by atoms with Crippen LogP contribution in [0.4, 0.5) is 0 Å². The predicted molar refractivity (Wildman–Crippen MR) is 56.6 cm³/mol. The van der Waals surface area contributed by atoms with Crippen molar-refractivity contribution in [3.63, 3.8) is 0 Å². The molecule has 0 aliphatic carbocycles. The molecule has 2 unspecified atom stereocenters. The molecule has 1 rings (SSSR count). The maximum atomic E-state index is 10.6. The summed E-state index contributed by atoms with van der Waals surface area (Å²) in [6, 6.07) is 0. The van der Waals surface area contributed by atoms with Crippen molar-refractivity contribution in [2.45, 2.75) is 60.5 Å². The second-order valence-electron chi connectivity index (χ2n) is 3.09. The number of carbonyl (C=O) groups is 1. The van der Waals surface area contributed by atoms with Gasteiger partial charge in [-0.15, -0.1) is 0 Å². The van der Waals surface area contributed by atoms with Gasteiger partial charge in [-0.05, 0) is 13.3 Å². The second kappa shape index (κ2) is 9.56. The van der Waals surface area contributed by atoms with Crippen molar-refractivity contribution in [3.05, 3.63) is 0 Å². The first-order chi connectivity index (χ1) is 6.11. The maximum absolute atomic E-state index is 10.6. The van der Waals surface area contributed by atoms with E-state index in [2.05, 4.69) is 13.8 Å². The fourth-order valence-corrected chi connectivity index (χ4v) is 0.957. The van der Waals surface area contributed by atoms with Crippen molar-refractivity contribution in [3.8, 4) is 0 Å². The molecule has 80 valence electrons. The van der Waals surface area contributed by atoms with Crippen LogP contribution in [0, 0.1) is 5.92 Å². The number of rotatable bonds is 0. The highest BCUT2D eigenvalue weighted by Crippen LogP contribution is 2.18. The Kier molecular flexibility index (Phi) is 11.0. The summed E-state index contributed by atoms with van der Waals surface area (Å²) in [6.45, 7) is 12.1. The Morgan fingerprint density at radius 3 is 1.77 bits per heavy atom. The van der Waals surface area contributed by atoms with E-state index in [9.17, 15) is 4.79 Å². The zero-order valence-electron chi connectivity index (χ0n) is 9.89. The third kappa shape index (κ3) is 7.82. The highest BCUT2D eigenvalue weighted by Gasteiger charge is 2.27. The highest BCUT2D eigenvalue weighted by atomic mass is 16.5. The van der Waals surface area contributed by atoms with Crippen LogP contribution >= 0.6 is 0 Å². The van der Waals surface area contributed by atoms with E-state index >= 15 is 0 Å². The molecular weight excluding hydrogens is 164 g/mol. The predicted octanol–water partition coefficient (Wildman–Crippen LogP) is 3.40. The Labute approximate surface area is 82.7 Å². The van der Waals surface area contributed by atoms with Crippen LogP contribution in [-0.2, 0) is 9.53 Å². The molecule has 0 aromatic heterocycles. The van der Waals surface area contributed by atoms with E-state index < -0.39 is 0 Å². The molecule has 2 heteroatoms. The van der Waals surface area contributed by atoms with Crippen molar-refractivity contribution in [1.29, 1.82) is 0 Å². The molecule has 0 radical (unpaired) electrons. The van der Waals surface area contributed by atoms with Crippen molar-refractivity contribution in [2.75, 3.05) is 0 Å². The quantitative estimate of drug-likeness (QED) is 0.545. The third-order valence-corrected chi connectivity index (χ3v) is 1.41. The Morgan fingerprint density at radius 1 is 1.31 bits per heavy atom. The van der Waals surface area contributed by atoms with Crippen molar-refractivity contribution in [1.82, 2.24) is 0 Å². The molecule has 0 saturated carbocycles.